The lowest BCUT2D eigenvalue weighted by molar-refractivity contribution is -0.146. The fourth-order valence-electron chi connectivity index (χ4n) is 2.16. The summed E-state index contributed by atoms with van der Waals surface area (Å²) in [6.45, 7) is -0.150. The van der Waals surface area contributed by atoms with Crippen LogP contribution in [0.25, 0.3) is 0 Å². The average Bonchev–Trinajstić information content (AvgIpc) is 2.59. The maximum Gasteiger partial charge on any atom is 0.306 e. The lowest BCUT2D eigenvalue weighted by Crippen LogP contribution is -2.13. The minimum atomic E-state index is -0.941. The summed E-state index contributed by atoms with van der Waals surface area (Å²) >= 11 is 0. The van der Waals surface area contributed by atoms with Crippen LogP contribution in [0.15, 0.2) is 42.5 Å². The van der Waals surface area contributed by atoms with E-state index in [1.165, 1.54) is 25.3 Å². The Morgan fingerprint density at radius 2 is 1.83 bits per heavy atom. The topological polar surface area (TPSA) is 96.2 Å². The first-order valence-electron chi connectivity index (χ1n) is 7.48. The third kappa shape index (κ3) is 4.89. The zero-order chi connectivity index (χ0) is 17.5. The second-order valence-corrected chi connectivity index (χ2v) is 5.30. The summed E-state index contributed by atoms with van der Waals surface area (Å²) in [6.07, 6.45) is -0.357. The van der Waals surface area contributed by atoms with Gasteiger partial charge in [-0.25, -0.2) is 0 Å². The van der Waals surface area contributed by atoms with E-state index < -0.39 is 12.1 Å². The summed E-state index contributed by atoms with van der Waals surface area (Å²) in [7, 11) is 1.46. The predicted octanol–water partition coefficient (Wildman–Crippen LogP) is 2.32. The number of phenols is 2. The van der Waals surface area contributed by atoms with Gasteiger partial charge in [-0.2, -0.15) is 0 Å². The van der Waals surface area contributed by atoms with E-state index in [0.717, 1.165) is 5.56 Å². The van der Waals surface area contributed by atoms with Crippen molar-refractivity contribution < 1.29 is 29.6 Å². The number of aliphatic hydroxyl groups excluding tert-OH is 1. The summed E-state index contributed by atoms with van der Waals surface area (Å²) in [5.41, 5.74) is 1.39. The van der Waals surface area contributed by atoms with E-state index in [2.05, 4.69) is 0 Å². The van der Waals surface area contributed by atoms with Gasteiger partial charge in [-0.3, -0.25) is 4.79 Å². The fraction of sp³-hybridized carbons (Fsp3) is 0.278. The van der Waals surface area contributed by atoms with Crippen molar-refractivity contribution >= 4 is 5.97 Å². The van der Waals surface area contributed by atoms with Gasteiger partial charge in [0.05, 0.1) is 7.11 Å². The Bertz CT molecular complexity index is 680. The first-order valence-corrected chi connectivity index (χ1v) is 7.48. The van der Waals surface area contributed by atoms with Gasteiger partial charge in [0.1, 0.15) is 18.5 Å². The van der Waals surface area contributed by atoms with Gasteiger partial charge in [0, 0.05) is 6.42 Å². The van der Waals surface area contributed by atoms with Crippen molar-refractivity contribution in [1.82, 2.24) is 0 Å². The van der Waals surface area contributed by atoms with Crippen LogP contribution in [0.1, 0.15) is 23.7 Å². The Morgan fingerprint density at radius 3 is 2.50 bits per heavy atom. The van der Waals surface area contributed by atoms with Crippen molar-refractivity contribution in [1.29, 1.82) is 0 Å². The molecule has 0 aliphatic carbocycles. The molecule has 0 amide bonds. The van der Waals surface area contributed by atoms with Crippen molar-refractivity contribution in [2.24, 2.45) is 0 Å². The van der Waals surface area contributed by atoms with Crippen LogP contribution in [0.5, 0.6) is 17.2 Å². The van der Waals surface area contributed by atoms with E-state index in [4.69, 9.17) is 9.47 Å². The Balaban J connectivity index is 1.80. The van der Waals surface area contributed by atoms with Gasteiger partial charge in [-0.15, -0.1) is 0 Å². The average molecular weight is 332 g/mol. The van der Waals surface area contributed by atoms with E-state index in [-0.39, 0.29) is 24.5 Å². The molecule has 0 spiro atoms. The van der Waals surface area contributed by atoms with Crippen molar-refractivity contribution in [3.8, 4) is 17.2 Å². The number of ether oxygens (including phenoxy) is 2. The molecule has 0 unspecified atom stereocenters. The lowest BCUT2D eigenvalue weighted by atomic mass is 10.1. The molecule has 0 heterocycles. The first-order chi connectivity index (χ1) is 11.5. The van der Waals surface area contributed by atoms with Crippen molar-refractivity contribution in [2.75, 3.05) is 13.7 Å². The molecule has 0 saturated heterocycles. The molecule has 0 radical (unpaired) electrons. The first kappa shape index (κ1) is 17.6. The van der Waals surface area contributed by atoms with Crippen LogP contribution >= 0.6 is 0 Å². The highest BCUT2D eigenvalue weighted by molar-refractivity contribution is 5.69. The number of aliphatic hydroxyl groups is 1. The summed E-state index contributed by atoms with van der Waals surface area (Å²) < 4.78 is 10.1. The van der Waals surface area contributed by atoms with Crippen molar-refractivity contribution in [2.45, 2.75) is 18.9 Å². The Morgan fingerprint density at radius 1 is 1.12 bits per heavy atom. The Labute approximate surface area is 139 Å². The lowest BCUT2D eigenvalue weighted by Gasteiger charge is -2.12. The second kappa shape index (κ2) is 8.21. The molecule has 2 aromatic carbocycles. The largest absolute Gasteiger partial charge is 0.508 e. The van der Waals surface area contributed by atoms with Gasteiger partial charge in [0.15, 0.2) is 11.5 Å². The van der Waals surface area contributed by atoms with Crippen LogP contribution in [0.4, 0.5) is 0 Å². The maximum atomic E-state index is 11.8. The Kier molecular flexibility index (Phi) is 6.03. The van der Waals surface area contributed by atoms with Gasteiger partial charge in [0.25, 0.3) is 0 Å². The maximum absolute atomic E-state index is 11.8. The molecule has 2 rings (SSSR count). The number of aryl methyl sites for hydroxylation is 1. The monoisotopic (exact) mass is 332 g/mol. The molecule has 0 aliphatic heterocycles. The molecular weight excluding hydrogens is 312 g/mol. The Hall–Kier alpha value is -2.73. The number of hydrogen-bond donors (Lipinski definition) is 3. The number of esters is 1. The van der Waals surface area contributed by atoms with Crippen LogP contribution in [-0.2, 0) is 16.0 Å². The summed E-state index contributed by atoms with van der Waals surface area (Å²) in [4.78, 5) is 11.8. The zero-order valence-electron chi connectivity index (χ0n) is 13.3. The highest BCUT2D eigenvalue weighted by Gasteiger charge is 2.12. The van der Waals surface area contributed by atoms with Crippen LogP contribution in [-0.4, -0.2) is 35.0 Å². The number of phenolic OH excluding ortho intramolecular Hbond substituents is 2. The standard InChI is InChI=1S/C18H20O6/c1-23-17-10-12(2-8-15(17)20)3-9-18(22)24-11-16(21)13-4-6-14(19)7-5-13/h2,4-8,10,16,19-21H,3,9,11H2,1H3/t16-/m1/s1. The van der Waals surface area contributed by atoms with Gasteiger partial charge in [0.2, 0.25) is 0 Å². The minimum absolute atomic E-state index is 0.0425. The molecule has 0 fully saturated rings. The number of carbonyl (C=O) groups is 1. The number of aromatic hydroxyl groups is 2. The molecule has 128 valence electrons. The molecule has 2 aromatic rings. The van der Waals surface area contributed by atoms with Gasteiger partial charge in [-0.05, 0) is 41.8 Å². The van der Waals surface area contributed by atoms with Gasteiger partial charge >= 0.3 is 5.97 Å². The molecule has 24 heavy (non-hydrogen) atoms. The predicted molar refractivity (Wildman–Crippen MR) is 87.0 cm³/mol. The number of benzene rings is 2. The zero-order valence-corrected chi connectivity index (χ0v) is 13.3. The summed E-state index contributed by atoms with van der Waals surface area (Å²) in [5.74, 6) is 0.0663. The van der Waals surface area contributed by atoms with Crippen LogP contribution < -0.4 is 4.74 Å². The van der Waals surface area contributed by atoms with Crippen molar-refractivity contribution in [3.05, 3.63) is 53.6 Å². The van der Waals surface area contributed by atoms with E-state index in [9.17, 15) is 20.1 Å². The molecule has 3 N–H and O–H groups in total. The normalized spacial score (nSPS) is 11.8. The number of carbonyl (C=O) groups excluding carboxylic acids is 1. The number of hydrogen-bond acceptors (Lipinski definition) is 6. The van der Waals surface area contributed by atoms with Crippen LogP contribution in [0.3, 0.4) is 0 Å². The van der Waals surface area contributed by atoms with Gasteiger partial charge < -0.3 is 24.8 Å². The molecule has 6 nitrogen and oxygen atoms in total. The van der Waals surface area contributed by atoms with E-state index in [0.29, 0.717) is 17.7 Å². The smallest absolute Gasteiger partial charge is 0.306 e. The van der Waals surface area contributed by atoms with Crippen molar-refractivity contribution in [3.63, 3.8) is 0 Å². The highest BCUT2D eigenvalue weighted by atomic mass is 16.5. The molecule has 0 saturated carbocycles. The molecule has 1 atom stereocenters. The van der Waals surface area contributed by atoms with E-state index >= 15 is 0 Å². The number of rotatable bonds is 7. The summed E-state index contributed by atoms with van der Waals surface area (Å²) in [5, 5.41) is 28.7. The second-order valence-electron chi connectivity index (χ2n) is 5.30. The van der Waals surface area contributed by atoms with Gasteiger partial charge in [-0.1, -0.05) is 18.2 Å². The fourth-order valence-corrected chi connectivity index (χ4v) is 2.16. The van der Waals surface area contributed by atoms with E-state index in [1.54, 1.807) is 24.3 Å². The number of methoxy groups -OCH3 is 1. The third-order valence-electron chi connectivity index (χ3n) is 3.54. The third-order valence-corrected chi connectivity index (χ3v) is 3.54. The molecular formula is C18H20O6. The van der Waals surface area contributed by atoms with Crippen LogP contribution in [0, 0.1) is 0 Å². The molecule has 0 aliphatic rings. The molecule has 0 aromatic heterocycles. The molecule has 0 bridgehead atoms. The summed E-state index contributed by atoms with van der Waals surface area (Å²) in [6, 6.07) is 10.9. The highest BCUT2D eigenvalue weighted by Crippen LogP contribution is 2.26. The van der Waals surface area contributed by atoms with E-state index in [1.807, 2.05) is 0 Å². The SMILES string of the molecule is COc1cc(CCC(=O)OC[C@@H](O)c2ccc(O)cc2)ccc1O. The molecule has 6 heteroatoms. The quantitative estimate of drug-likeness (QED) is 0.673. The minimum Gasteiger partial charge on any atom is -0.508 e. The van der Waals surface area contributed by atoms with Crippen LogP contribution in [0.2, 0.25) is 0 Å².